The number of aromatic nitrogens is 1. The van der Waals surface area contributed by atoms with Crippen LogP contribution in [0.4, 0.5) is 0 Å². The van der Waals surface area contributed by atoms with Crippen molar-refractivity contribution in [2.24, 2.45) is 0 Å². The second-order valence-corrected chi connectivity index (χ2v) is 5.40. The van der Waals surface area contributed by atoms with Gasteiger partial charge in [-0.05, 0) is 25.5 Å². The molecule has 0 amide bonds. The summed E-state index contributed by atoms with van der Waals surface area (Å²) in [5.74, 6) is 0.976. The quantitative estimate of drug-likeness (QED) is 0.744. The van der Waals surface area contributed by atoms with Crippen molar-refractivity contribution in [3.8, 4) is 0 Å². The molecule has 0 spiro atoms. The number of hydrogen-bond acceptors (Lipinski definition) is 3. The fourth-order valence-corrected chi connectivity index (χ4v) is 3.15. The van der Waals surface area contributed by atoms with Gasteiger partial charge in [0.2, 0.25) is 0 Å². The lowest BCUT2D eigenvalue weighted by Crippen LogP contribution is -1.82. The summed E-state index contributed by atoms with van der Waals surface area (Å²) in [6.45, 7) is 4.19. The molecule has 2 rings (SSSR count). The number of aryl methyl sites for hydroxylation is 2. The Morgan fingerprint density at radius 2 is 2.07 bits per heavy atom. The van der Waals surface area contributed by atoms with E-state index in [2.05, 4.69) is 41.6 Å². The van der Waals surface area contributed by atoms with Gasteiger partial charge in [-0.3, -0.25) is 0 Å². The summed E-state index contributed by atoms with van der Waals surface area (Å²) in [5, 5.41) is 3.31. The molecule has 0 aliphatic rings. The third kappa shape index (κ3) is 2.83. The van der Waals surface area contributed by atoms with Crippen molar-refractivity contribution in [2.45, 2.75) is 24.5 Å². The van der Waals surface area contributed by atoms with E-state index in [-0.39, 0.29) is 0 Å². The molecular formula is C12H13NS2. The molecule has 15 heavy (non-hydrogen) atoms. The van der Waals surface area contributed by atoms with E-state index < -0.39 is 0 Å². The first-order valence-electron chi connectivity index (χ1n) is 4.85. The van der Waals surface area contributed by atoms with E-state index in [9.17, 15) is 0 Å². The Kier molecular flexibility index (Phi) is 3.44. The van der Waals surface area contributed by atoms with Crippen molar-refractivity contribution in [3.63, 3.8) is 0 Å². The van der Waals surface area contributed by atoms with Gasteiger partial charge in [0.05, 0.1) is 5.75 Å². The highest BCUT2D eigenvalue weighted by Gasteiger charge is 2.01. The van der Waals surface area contributed by atoms with Crippen LogP contribution in [0.5, 0.6) is 0 Å². The van der Waals surface area contributed by atoms with Crippen LogP contribution in [0.1, 0.15) is 16.3 Å². The molecule has 0 fully saturated rings. The predicted molar refractivity (Wildman–Crippen MR) is 67.6 cm³/mol. The molecule has 0 saturated heterocycles. The Morgan fingerprint density at radius 3 is 2.73 bits per heavy atom. The maximum Gasteiger partial charge on any atom is 0.103 e. The monoisotopic (exact) mass is 235 g/mol. The van der Waals surface area contributed by atoms with E-state index in [1.165, 1.54) is 15.5 Å². The van der Waals surface area contributed by atoms with Crippen LogP contribution >= 0.6 is 23.1 Å². The molecule has 0 N–H and O–H groups in total. The molecule has 0 atom stereocenters. The summed E-state index contributed by atoms with van der Waals surface area (Å²) in [6, 6.07) is 8.48. The zero-order valence-electron chi connectivity index (χ0n) is 8.86. The van der Waals surface area contributed by atoms with Crippen LogP contribution in [-0.4, -0.2) is 4.98 Å². The highest BCUT2D eigenvalue weighted by Crippen LogP contribution is 2.26. The van der Waals surface area contributed by atoms with Crippen LogP contribution < -0.4 is 0 Å². The molecule has 1 nitrogen and oxygen atoms in total. The minimum absolute atomic E-state index is 0.976. The first-order chi connectivity index (χ1) is 7.25. The largest absolute Gasteiger partial charge is 0.246 e. The minimum Gasteiger partial charge on any atom is -0.246 e. The normalized spacial score (nSPS) is 10.5. The fourth-order valence-electron chi connectivity index (χ4n) is 1.33. The van der Waals surface area contributed by atoms with E-state index in [0.717, 1.165) is 11.4 Å². The standard InChI is InChI=1S/C12H13NS2/c1-9-5-3-4-6-11(9)14-8-12-13-10(2)7-15-12/h3-7H,8H2,1-2H3. The molecule has 0 radical (unpaired) electrons. The van der Waals surface area contributed by atoms with Gasteiger partial charge in [0.25, 0.3) is 0 Å². The Morgan fingerprint density at radius 1 is 1.27 bits per heavy atom. The van der Waals surface area contributed by atoms with E-state index >= 15 is 0 Å². The van der Waals surface area contributed by atoms with E-state index in [1.54, 1.807) is 11.3 Å². The van der Waals surface area contributed by atoms with Crippen molar-refractivity contribution in [1.29, 1.82) is 0 Å². The summed E-state index contributed by atoms with van der Waals surface area (Å²) >= 11 is 3.60. The Bertz CT molecular complexity index is 448. The Labute approximate surface area is 98.6 Å². The van der Waals surface area contributed by atoms with Gasteiger partial charge in [-0.15, -0.1) is 23.1 Å². The number of benzene rings is 1. The molecule has 0 saturated carbocycles. The van der Waals surface area contributed by atoms with Crippen molar-refractivity contribution >= 4 is 23.1 Å². The predicted octanol–water partition coefficient (Wildman–Crippen LogP) is 4.05. The second-order valence-electron chi connectivity index (χ2n) is 3.44. The lowest BCUT2D eigenvalue weighted by atomic mass is 10.2. The van der Waals surface area contributed by atoms with Gasteiger partial charge in [0.1, 0.15) is 5.01 Å². The molecule has 0 bridgehead atoms. The zero-order chi connectivity index (χ0) is 10.7. The van der Waals surface area contributed by atoms with Gasteiger partial charge in [0.15, 0.2) is 0 Å². The van der Waals surface area contributed by atoms with Gasteiger partial charge in [-0.2, -0.15) is 0 Å². The molecule has 3 heteroatoms. The average Bonchev–Trinajstić information content (AvgIpc) is 2.63. The SMILES string of the molecule is Cc1csc(CSc2ccccc2C)n1. The summed E-state index contributed by atoms with van der Waals surface area (Å²) < 4.78 is 0. The molecule has 0 unspecified atom stereocenters. The first-order valence-corrected chi connectivity index (χ1v) is 6.71. The summed E-state index contributed by atoms with van der Waals surface area (Å²) in [7, 11) is 0. The Hall–Kier alpha value is -0.800. The number of thioether (sulfide) groups is 1. The van der Waals surface area contributed by atoms with Crippen LogP contribution in [0.2, 0.25) is 0 Å². The summed E-state index contributed by atoms with van der Waals surface area (Å²) in [5.41, 5.74) is 2.47. The highest BCUT2D eigenvalue weighted by atomic mass is 32.2. The third-order valence-electron chi connectivity index (χ3n) is 2.11. The molecule has 78 valence electrons. The van der Waals surface area contributed by atoms with Gasteiger partial charge >= 0.3 is 0 Å². The first kappa shape index (κ1) is 10.7. The number of hydrogen-bond donors (Lipinski definition) is 0. The van der Waals surface area contributed by atoms with Crippen molar-refractivity contribution in [2.75, 3.05) is 0 Å². The zero-order valence-corrected chi connectivity index (χ0v) is 10.5. The molecular weight excluding hydrogens is 222 g/mol. The molecule has 1 heterocycles. The van der Waals surface area contributed by atoms with Crippen molar-refractivity contribution in [1.82, 2.24) is 4.98 Å². The van der Waals surface area contributed by atoms with Crippen molar-refractivity contribution in [3.05, 3.63) is 45.9 Å². The molecule has 2 aromatic rings. The van der Waals surface area contributed by atoms with Crippen LogP contribution in [0.15, 0.2) is 34.5 Å². The number of rotatable bonds is 3. The van der Waals surface area contributed by atoms with Crippen LogP contribution in [0.3, 0.4) is 0 Å². The highest BCUT2D eigenvalue weighted by molar-refractivity contribution is 7.98. The summed E-state index contributed by atoms with van der Waals surface area (Å²) in [6.07, 6.45) is 0. The van der Waals surface area contributed by atoms with E-state index in [0.29, 0.717) is 0 Å². The van der Waals surface area contributed by atoms with Crippen LogP contribution in [-0.2, 0) is 5.75 Å². The third-order valence-corrected chi connectivity index (χ3v) is 4.45. The van der Waals surface area contributed by atoms with Crippen LogP contribution in [0.25, 0.3) is 0 Å². The van der Waals surface area contributed by atoms with Gasteiger partial charge in [-0.25, -0.2) is 4.98 Å². The van der Waals surface area contributed by atoms with E-state index in [1.807, 2.05) is 18.7 Å². The van der Waals surface area contributed by atoms with Crippen LogP contribution in [0, 0.1) is 13.8 Å². The second kappa shape index (κ2) is 4.81. The van der Waals surface area contributed by atoms with Gasteiger partial charge in [0, 0.05) is 16.0 Å². The molecule has 1 aromatic heterocycles. The maximum absolute atomic E-state index is 4.45. The molecule has 0 aliphatic carbocycles. The van der Waals surface area contributed by atoms with Gasteiger partial charge in [-0.1, -0.05) is 18.2 Å². The number of thiazole rings is 1. The maximum atomic E-state index is 4.45. The minimum atomic E-state index is 0.976. The van der Waals surface area contributed by atoms with Crippen molar-refractivity contribution < 1.29 is 0 Å². The molecule has 0 aliphatic heterocycles. The fraction of sp³-hybridized carbons (Fsp3) is 0.250. The lowest BCUT2D eigenvalue weighted by molar-refractivity contribution is 1.18. The van der Waals surface area contributed by atoms with E-state index in [4.69, 9.17) is 0 Å². The topological polar surface area (TPSA) is 12.9 Å². The Balaban J connectivity index is 2.02. The van der Waals surface area contributed by atoms with Gasteiger partial charge < -0.3 is 0 Å². The lowest BCUT2D eigenvalue weighted by Gasteiger charge is -2.02. The average molecular weight is 235 g/mol. The number of nitrogens with zero attached hydrogens (tertiary/aromatic N) is 1. The molecule has 1 aromatic carbocycles. The smallest absolute Gasteiger partial charge is 0.103 e. The summed E-state index contributed by atoms with van der Waals surface area (Å²) in [4.78, 5) is 5.81.